The molecule has 1 atom stereocenters. The van der Waals surface area contributed by atoms with Gasteiger partial charge in [-0.15, -0.1) is 0 Å². The molecule has 1 fully saturated rings. The van der Waals surface area contributed by atoms with Crippen molar-refractivity contribution in [3.8, 4) is 5.75 Å². The third kappa shape index (κ3) is 2.59. The number of carbonyl (C=O) groups is 2. The van der Waals surface area contributed by atoms with Crippen molar-refractivity contribution in [2.24, 2.45) is 5.41 Å². The SMILES string of the molecule is CC1(C)CCCN(C(=O)c2cncc(O)c2)C1C(=O)O. The Hall–Kier alpha value is -2.11. The first-order valence-corrected chi connectivity index (χ1v) is 6.51. The minimum Gasteiger partial charge on any atom is -0.506 e. The van der Waals surface area contributed by atoms with E-state index >= 15 is 0 Å². The van der Waals surface area contributed by atoms with Crippen LogP contribution in [0.1, 0.15) is 37.0 Å². The Balaban J connectivity index is 2.34. The van der Waals surface area contributed by atoms with Crippen LogP contribution in [0, 0.1) is 5.41 Å². The molecule has 6 heteroatoms. The highest BCUT2D eigenvalue weighted by molar-refractivity contribution is 5.97. The van der Waals surface area contributed by atoms with Gasteiger partial charge in [-0.25, -0.2) is 4.79 Å². The number of amides is 1. The smallest absolute Gasteiger partial charge is 0.326 e. The Morgan fingerprint density at radius 2 is 2.10 bits per heavy atom. The van der Waals surface area contributed by atoms with Gasteiger partial charge >= 0.3 is 5.97 Å². The fourth-order valence-electron chi connectivity index (χ4n) is 2.79. The molecule has 20 heavy (non-hydrogen) atoms. The Bertz CT molecular complexity index is 542. The number of piperidine rings is 1. The molecule has 1 unspecified atom stereocenters. The molecule has 1 aromatic heterocycles. The molecule has 0 bridgehead atoms. The first kappa shape index (κ1) is 14.3. The van der Waals surface area contributed by atoms with Gasteiger partial charge in [0.15, 0.2) is 0 Å². The van der Waals surface area contributed by atoms with Crippen LogP contribution < -0.4 is 0 Å². The van der Waals surface area contributed by atoms with E-state index in [1.807, 2.05) is 13.8 Å². The van der Waals surface area contributed by atoms with Gasteiger partial charge in [0.2, 0.25) is 0 Å². The first-order chi connectivity index (χ1) is 9.33. The van der Waals surface area contributed by atoms with E-state index in [1.165, 1.54) is 23.4 Å². The predicted octanol–water partition coefficient (Wildman–Crippen LogP) is 1.50. The van der Waals surface area contributed by atoms with Crippen LogP contribution in [0.25, 0.3) is 0 Å². The minimum atomic E-state index is -1.00. The van der Waals surface area contributed by atoms with Gasteiger partial charge in [0.25, 0.3) is 5.91 Å². The Morgan fingerprint density at radius 3 is 2.70 bits per heavy atom. The Morgan fingerprint density at radius 1 is 1.40 bits per heavy atom. The minimum absolute atomic E-state index is 0.112. The molecule has 2 N–H and O–H groups in total. The molecule has 0 aromatic carbocycles. The second-order valence-electron chi connectivity index (χ2n) is 5.76. The lowest BCUT2D eigenvalue weighted by Gasteiger charge is -2.43. The van der Waals surface area contributed by atoms with E-state index in [0.717, 1.165) is 12.8 Å². The van der Waals surface area contributed by atoms with Crippen molar-refractivity contribution in [2.75, 3.05) is 6.54 Å². The highest BCUT2D eigenvalue weighted by atomic mass is 16.4. The number of hydrogen-bond acceptors (Lipinski definition) is 4. The summed E-state index contributed by atoms with van der Waals surface area (Å²) in [6.45, 7) is 4.10. The lowest BCUT2D eigenvalue weighted by atomic mass is 9.76. The van der Waals surface area contributed by atoms with Crippen LogP contribution in [-0.4, -0.2) is 44.6 Å². The third-order valence-electron chi connectivity index (χ3n) is 3.74. The fraction of sp³-hybridized carbons (Fsp3) is 0.500. The van der Waals surface area contributed by atoms with Gasteiger partial charge in [-0.2, -0.15) is 0 Å². The topological polar surface area (TPSA) is 90.7 Å². The average molecular weight is 278 g/mol. The highest BCUT2D eigenvalue weighted by Gasteiger charge is 2.44. The van der Waals surface area contributed by atoms with Crippen LogP contribution in [0.2, 0.25) is 0 Å². The largest absolute Gasteiger partial charge is 0.506 e. The van der Waals surface area contributed by atoms with Gasteiger partial charge in [-0.1, -0.05) is 13.8 Å². The molecule has 1 aromatic rings. The summed E-state index contributed by atoms with van der Waals surface area (Å²) in [7, 11) is 0. The molecule has 0 saturated carbocycles. The van der Waals surface area contributed by atoms with E-state index in [1.54, 1.807) is 0 Å². The third-order valence-corrected chi connectivity index (χ3v) is 3.74. The number of carboxylic acids is 1. The second-order valence-corrected chi connectivity index (χ2v) is 5.76. The van der Waals surface area contributed by atoms with Crippen LogP contribution in [0.15, 0.2) is 18.5 Å². The summed E-state index contributed by atoms with van der Waals surface area (Å²) >= 11 is 0. The number of carboxylic acid groups (broad SMARTS) is 1. The molecule has 108 valence electrons. The predicted molar refractivity (Wildman–Crippen MR) is 71.4 cm³/mol. The van der Waals surface area contributed by atoms with Gasteiger partial charge in [0.05, 0.1) is 11.8 Å². The summed E-state index contributed by atoms with van der Waals surface area (Å²) in [5.41, 5.74) is -0.279. The molecular weight excluding hydrogens is 260 g/mol. The number of rotatable bonds is 2. The summed E-state index contributed by atoms with van der Waals surface area (Å²) in [5, 5.41) is 18.8. The van der Waals surface area contributed by atoms with E-state index in [4.69, 9.17) is 0 Å². The summed E-state index contributed by atoms with van der Waals surface area (Å²) in [5.74, 6) is -1.52. The quantitative estimate of drug-likeness (QED) is 0.855. The van der Waals surface area contributed by atoms with Crippen LogP contribution in [0.3, 0.4) is 0 Å². The normalized spacial score (nSPS) is 21.5. The number of aromatic hydroxyl groups is 1. The molecule has 2 heterocycles. The maximum absolute atomic E-state index is 12.5. The number of carbonyl (C=O) groups excluding carboxylic acids is 1. The molecular formula is C14H18N2O4. The number of likely N-dealkylation sites (tertiary alicyclic amines) is 1. The van der Waals surface area contributed by atoms with Crippen molar-refractivity contribution in [2.45, 2.75) is 32.7 Å². The molecule has 0 radical (unpaired) electrons. The molecule has 6 nitrogen and oxygen atoms in total. The molecule has 0 spiro atoms. The molecule has 0 aliphatic carbocycles. The van der Waals surface area contributed by atoms with Crippen molar-refractivity contribution >= 4 is 11.9 Å². The molecule has 2 rings (SSSR count). The zero-order valence-electron chi connectivity index (χ0n) is 11.5. The lowest BCUT2D eigenvalue weighted by Crippen LogP contribution is -2.56. The number of aliphatic carboxylic acids is 1. The fourth-order valence-corrected chi connectivity index (χ4v) is 2.79. The zero-order valence-corrected chi connectivity index (χ0v) is 11.5. The first-order valence-electron chi connectivity index (χ1n) is 6.51. The molecule has 1 amide bonds. The van der Waals surface area contributed by atoms with E-state index in [9.17, 15) is 19.8 Å². The van der Waals surface area contributed by atoms with Gasteiger partial charge in [-0.3, -0.25) is 9.78 Å². The maximum Gasteiger partial charge on any atom is 0.326 e. The lowest BCUT2D eigenvalue weighted by molar-refractivity contribution is -0.148. The van der Waals surface area contributed by atoms with Gasteiger partial charge in [0.1, 0.15) is 11.8 Å². The van der Waals surface area contributed by atoms with E-state index in [-0.39, 0.29) is 11.3 Å². The van der Waals surface area contributed by atoms with E-state index < -0.39 is 23.3 Å². The zero-order chi connectivity index (χ0) is 14.9. The van der Waals surface area contributed by atoms with Crippen LogP contribution in [0.5, 0.6) is 5.75 Å². The molecule has 1 aliphatic rings. The van der Waals surface area contributed by atoms with Gasteiger partial charge in [0, 0.05) is 12.7 Å². The van der Waals surface area contributed by atoms with Crippen molar-refractivity contribution in [3.63, 3.8) is 0 Å². The summed E-state index contributed by atoms with van der Waals surface area (Å²) in [6, 6.07) is 0.432. The summed E-state index contributed by atoms with van der Waals surface area (Å²) in [4.78, 5) is 29.1. The monoisotopic (exact) mass is 278 g/mol. The van der Waals surface area contributed by atoms with Crippen LogP contribution in [0.4, 0.5) is 0 Å². The van der Waals surface area contributed by atoms with E-state index in [0.29, 0.717) is 6.54 Å². The van der Waals surface area contributed by atoms with Crippen molar-refractivity contribution in [3.05, 3.63) is 24.0 Å². The van der Waals surface area contributed by atoms with Crippen molar-refractivity contribution in [1.82, 2.24) is 9.88 Å². The van der Waals surface area contributed by atoms with Gasteiger partial charge in [-0.05, 0) is 24.3 Å². The molecule has 1 aliphatic heterocycles. The summed E-state index contributed by atoms with van der Waals surface area (Å²) in [6.07, 6.45) is 4.08. The number of aromatic nitrogens is 1. The van der Waals surface area contributed by atoms with Crippen molar-refractivity contribution in [1.29, 1.82) is 0 Å². The standard InChI is InChI=1S/C14H18N2O4/c1-14(2)4-3-5-16(11(14)13(19)20)12(18)9-6-10(17)8-15-7-9/h6-8,11,17H,3-5H2,1-2H3,(H,19,20). The number of hydrogen-bond donors (Lipinski definition) is 2. The summed E-state index contributed by atoms with van der Waals surface area (Å²) < 4.78 is 0. The average Bonchev–Trinajstić information content (AvgIpc) is 2.35. The maximum atomic E-state index is 12.5. The van der Waals surface area contributed by atoms with Crippen molar-refractivity contribution < 1.29 is 19.8 Å². The highest BCUT2D eigenvalue weighted by Crippen LogP contribution is 2.36. The van der Waals surface area contributed by atoms with Gasteiger partial charge < -0.3 is 15.1 Å². The van der Waals surface area contributed by atoms with E-state index in [2.05, 4.69) is 4.98 Å². The van der Waals surface area contributed by atoms with Crippen LogP contribution in [-0.2, 0) is 4.79 Å². The molecule has 1 saturated heterocycles. The van der Waals surface area contributed by atoms with Crippen LogP contribution >= 0.6 is 0 Å². The number of pyridine rings is 1. The Labute approximate surface area is 117 Å². The Kier molecular flexibility index (Phi) is 3.65. The number of nitrogens with zero attached hydrogens (tertiary/aromatic N) is 2. The second kappa shape index (κ2) is 5.11.